The van der Waals surface area contributed by atoms with Crippen LogP contribution in [0.25, 0.3) is 11.2 Å². The number of hydrogen-bond donors (Lipinski definition) is 3. The standard InChI is InChI=1S/C20H32N6O5.ClH/c1-5-12(4)14(21)19(29)31-9-13(8-30-18(28)11(2)3)6-7-26-10-23-15-16(26)24-20(22)25-17(15)27;/h10-14H,5-9,21H2,1-4H3,(H3,22,24,25,27);1H/t12?,13?,14-;/m0./s1. The summed E-state index contributed by atoms with van der Waals surface area (Å²) >= 11 is 0. The highest BCUT2D eigenvalue weighted by Gasteiger charge is 2.23. The predicted octanol–water partition coefficient (Wildman–Crippen LogP) is 1.25. The van der Waals surface area contributed by atoms with Crippen molar-refractivity contribution in [2.45, 2.75) is 53.1 Å². The van der Waals surface area contributed by atoms with Crippen LogP contribution in [0.3, 0.4) is 0 Å². The summed E-state index contributed by atoms with van der Waals surface area (Å²) in [6, 6.07) is -0.708. The number of nitrogens with one attached hydrogen (secondary N) is 1. The first-order valence-electron chi connectivity index (χ1n) is 10.4. The number of imidazole rings is 1. The van der Waals surface area contributed by atoms with E-state index in [4.69, 9.17) is 20.9 Å². The fraction of sp³-hybridized carbons (Fsp3) is 0.650. The number of nitrogens with zero attached hydrogens (tertiary/aromatic N) is 3. The molecule has 11 nitrogen and oxygen atoms in total. The molecule has 12 heteroatoms. The van der Waals surface area contributed by atoms with E-state index in [2.05, 4.69) is 15.0 Å². The molecule has 0 amide bonds. The molecule has 0 radical (unpaired) electrons. The van der Waals surface area contributed by atoms with Gasteiger partial charge in [-0.1, -0.05) is 34.1 Å². The van der Waals surface area contributed by atoms with Gasteiger partial charge in [-0.3, -0.25) is 19.4 Å². The number of halogens is 1. The van der Waals surface area contributed by atoms with Crippen LogP contribution in [0.1, 0.15) is 40.5 Å². The maximum Gasteiger partial charge on any atom is 0.323 e. The zero-order valence-electron chi connectivity index (χ0n) is 18.9. The van der Waals surface area contributed by atoms with Crippen LogP contribution in [-0.4, -0.2) is 50.7 Å². The lowest BCUT2D eigenvalue weighted by Crippen LogP contribution is -2.39. The van der Waals surface area contributed by atoms with Gasteiger partial charge in [0.15, 0.2) is 11.2 Å². The molecule has 0 saturated carbocycles. The molecule has 32 heavy (non-hydrogen) atoms. The van der Waals surface area contributed by atoms with Crippen LogP contribution in [0, 0.1) is 17.8 Å². The topological polar surface area (TPSA) is 168 Å². The number of nitrogens with two attached hydrogens (primary N) is 2. The molecule has 0 spiro atoms. The molecule has 2 heterocycles. The second kappa shape index (κ2) is 12.4. The Balaban J connectivity index is 0.00000512. The number of hydrogen-bond acceptors (Lipinski definition) is 9. The Morgan fingerprint density at radius 3 is 2.41 bits per heavy atom. The number of carbonyl (C=O) groups excluding carboxylic acids is 2. The smallest absolute Gasteiger partial charge is 0.323 e. The summed E-state index contributed by atoms with van der Waals surface area (Å²) in [6.45, 7) is 7.88. The Morgan fingerprint density at radius 2 is 1.81 bits per heavy atom. The molecule has 0 saturated heterocycles. The van der Waals surface area contributed by atoms with Crippen LogP contribution in [0.5, 0.6) is 0 Å². The van der Waals surface area contributed by atoms with E-state index in [-0.39, 0.29) is 60.8 Å². The van der Waals surface area contributed by atoms with Crippen LogP contribution in [0.4, 0.5) is 5.95 Å². The van der Waals surface area contributed by atoms with Crippen molar-refractivity contribution in [2.75, 3.05) is 18.9 Å². The number of rotatable bonds is 11. The summed E-state index contributed by atoms with van der Waals surface area (Å²) in [6.07, 6.45) is 2.74. The lowest BCUT2D eigenvalue weighted by molar-refractivity contribution is -0.152. The molecule has 180 valence electrons. The van der Waals surface area contributed by atoms with Crippen LogP contribution in [0.2, 0.25) is 0 Å². The first-order chi connectivity index (χ1) is 14.6. The van der Waals surface area contributed by atoms with Gasteiger partial charge in [-0.15, -0.1) is 12.4 Å². The lowest BCUT2D eigenvalue weighted by atomic mass is 10.0. The van der Waals surface area contributed by atoms with Gasteiger partial charge in [-0.05, 0) is 12.3 Å². The highest BCUT2D eigenvalue weighted by Crippen LogP contribution is 2.14. The minimum absolute atomic E-state index is 0. The zero-order chi connectivity index (χ0) is 23.1. The number of nitrogen functional groups attached to an aromatic ring is 1. The second-order valence-electron chi connectivity index (χ2n) is 8.04. The first-order valence-corrected chi connectivity index (χ1v) is 10.4. The quantitative estimate of drug-likeness (QED) is 0.407. The summed E-state index contributed by atoms with van der Waals surface area (Å²) < 4.78 is 12.4. The highest BCUT2D eigenvalue weighted by atomic mass is 35.5. The van der Waals surface area contributed by atoms with E-state index < -0.39 is 17.6 Å². The van der Waals surface area contributed by atoms with Gasteiger partial charge in [0, 0.05) is 12.5 Å². The largest absolute Gasteiger partial charge is 0.465 e. The predicted molar refractivity (Wildman–Crippen MR) is 122 cm³/mol. The summed E-state index contributed by atoms with van der Waals surface area (Å²) in [7, 11) is 0. The average molecular weight is 473 g/mol. The minimum Gasteiger partial charge on any atom is -0.465 e. The van der Waals surface area contributed by atoms with Gasteiger partial charge in [0.2, 0.25) is 5.95 Å². The number of aryl methyl sites for hydroxylation is 1. The molecule has 0 bridgehead atoms. The summed E-state index contributed by atoms with van der Waals surface area (Å²) in [5.74, 6) is -1.36. The Labute approximate surface area is 192 Å². The molecule has 2 aromatic heterocycles. The lowest BCUT2D eigenvalue weighted by Gasteiger charge is -2.21. The van der Waals surface area contributed by atoms with E-state index in [1.54, 1.807) is 18.4 Å². The molecule has 5 N–H and O–H groups in total. The van der Waals surface area contributed by atoms with Gasteiger partial charge in [0.25, 0.3) is 5.56 Å². The number of carbonyl (C=O) groups is 2. The van der Waals surface area contributed by atoms with Gasteiger partial charge in [-0.25, -0.2) is 4.98 Å². The van der Waals surface area contributed by atoms with Crippen molar-refractivity contribution in [1.29, 1.82) is 0 Å². The van der Waals surface area contributed by atoms with E-state index in [0.29, 0.717) is 18.6 Å². The molecule has 0 aliphatic heterocycles. The van der Waals surface area contributed by atoms with Crippen molar-refractivity contribution >= 4 is 41.5 Å². The van der Waals surface area contributed by atoms with Gasteiger partial charge < -0.3 is 25.5 Å². The summed E-state index contributed by atoms with van der Waals surface area (Å²) in [4.78, 5) is 46.7. The number of aromatic amines is 1. The van der Waals surface area contributed by atoms with E-state index in [9.17, 15) is 14.4 Å². The molecule has 0 aromatic carbocycles. The van der Waals surface area contributed by atoms with Crippen molar-refractivity contribution in [3.8, 4) is 0 Å². The number of H-pyrrole nitrogens is 1. The third-order valence-electron chi connectivity index (χ3n) is 5.19. The zero-order valence-corrected chi connectivity index (χ0v) is 19.7. The Bertz CT molecular complexity index is 960. The van der Waals surface area contributed by atoms with E-state index in [1.165, 1.54) is 6.33 Å². The molecule has 2 unspecified atom stereocenters. The Hall–Kier alpha value is -2.66. The molecule has 0 aliphatic carbocycles. The van der Waals surface area contributed by atoms with Crippen LogP contribution in [0.15, 0.2) is 11.1 Å². The first kappa shape index (κ1) is 27.4. The fourth-order valence-corrected chi connectivity index (χ4v) is 2.82. The molecular weight excluding hydrogens is 440 g/mol. The van der Waals surface area contributed by atoms with E-state index >= 15 is 0 Å². The molecule has 2 rings (SSSR count). The molecule has 0 aliphatic rings. The van der Waals surface area contributed by atoms with Crippen LogP contribution in [-0.2, 0) is 25.6 Å². The SMILES string of the molecule is CCC(C)[C@H](N)C(=O)OCC(CCn1cnc2c(=O)[nH]c(N)nc21)COC(=O)C(C)C.Cl. The Kier molecular flexibility index (Phi) is 10.6. The van der Waals surface area contributed by atoms with Gasteiger partial charge in [0.05, 0.1) is 25.5 Å². The Morgan fingerprint density at radius 1 is 1.19 bits per heavy atom. The summed E-state index contributed by atoms with van der Waals surface area (Å²) in [5.41, 5.74) is 11.7. The number of fused-ring (bicyclic) bond motifs is 1. The maximum atomic E-state index is 12.2. The van der Waals surface area contributed by atoms with Crippen molar-refractivity contribution in [2.24, 2.45) is 23.5 Å². The number of ether oxygens (including phenoxy) is 2. The van der Waals surface area contributed by atoms with Gasteiger partial charge >= 0.3 is 11.9 Å². The minimum atomic E-state index is -0.708. The number of anilines is 1. The monoisotopic (exact) mass is 472 g/mol. The maximum absolute atomic E-state index is 12.2. The number of esters is 2. The average Bonchev–Trinajstić information content (AvgIpc) is 3.14. The van der Waals surface area contributed by atoms with Crippen LogP contribution < -0.4 is 17.0 Å². The number of aromatic nitrogens is 4. The van der Waals surface area contributed by atoms with Crippen LogP contribution >= 0.6 is 12.4 Å². The molecule has 3 atom stereocenters. The molecule has 2 aromatic rings. The van der Waals surface area contributed by atoms with Crippen molar-refractivity contribution in [1.82, 2.24) is 19.5 Å². The highest BCUT2D eigenvalue weighted by molar-refractivity contribution is 5.85. The van der Waals surface area contributed by atoms with Crippen molar-refractivity contribution in [3.63, 3.8) is 0 Å². The van der Waals surface area contributed by atoms with E-state index in [1.807, 2.05) is 13.8 Å². The third kappa shape index (κ3) is 7.20. The van der Waals surface area contributed by atoms with Crippen molar-refractivity contribution < 1.29 is 19.1 Å². The fourth-order valence-electron chi connectivity index (χ4n) is 2.82. The molecular formula is C20H33ClN6O5. The van der Waals surface area contributed by atoms with Gasteiger partial charge in [-0.2, -0.15) is 4.98 Å². The van der Waals surface area contributed by atoms with E-state index in [0.717, 1.165) is 6.42 Å². The summed E-state index contributed by atoms with van der Waals surface area (Å²) in [5, 5.41) is 0. The third-order valence-corrected chi connectivity index (χ3v) is 5.19. The normalized spacial score (nSPS) is 13.9. The second-order valence-corrected chi connectivity index (χ2v) is 8.04. The van der Waals surface area contributed by atoms with Crippen molar-refractivity contribution in [3.05, 3.63) is 16.7 Å². The molecule has 0 fully saturated rings. The van der Waals surface area contributed by atoms with Gasteiger partial charge in [0.1, 0.15) is 6.04 Å².